The molecule has 6 heteroatoms. The number of para-hydroxylation sites is 1. The molecule has 1 aliphatic heterocycles. The van der Waals surface area contributed by atoms with Crippen LogP contribution in [-0.4, -0.2) is 22.0 Å². The van der Waals surface area contributed by atoms with Crippen molar-refractivity contribution >= 4 is 50.5 Å². The van der Waals surface area contributed by atoms with Gasteiger partial charge in [0.1, 0.15) is 11.5 Å². The number of thioether (sulfide) groups is 1. The van der Waals surface area contributed by atoms with Crippen molar-refractivity contribution < 1.29 is 9.21 Å². The number of nitrogens with zero attached hydrogens (tertiary/aromatic N) is 2. The van der Waals surface area contributed by atoms with Crippen LogP contribution >= 0.6 is 27.7 Å². The summed E-state index contributed by atoms with van der Waals surface area (Å²) in [6.45, 7) is 2.25. The maximum Gasteiger partial charge on any atom is 0.267 e. The van der Waals surface area contributed by atoms with E-state index < -0.39 is 0 Å². The number of amides is 1. The Kier molecular flexibility index (Phi) is 6.56. The van der Waals surface area contributed by atoms with E-state index in [1.54, 1.807) is 0 Å². The number of carbonyl (C=O) groups is 1. The molecule has 2 aromatic carbocycles. The van der Waals surface area contributed by atoms with Crippen molar-refractivity contribution in [1.82, 2.24) is 4.90 Å². The van der Waals surface area contributed by atoms with E-state index in [4.69, 9.17) is 9.41 Å². The first-order chi connectivity index (χ1) is 16.1. The summed E-state index contributed by atoms with van der Waals surface area (Å²) in [7, 11) is 0. The number of hydrogen-bond donors (Lipinski definition) is 0. The standard InChI is InChI=1S/C27H25BrN2O2S/c1-18-7-5-6-10-23(18)30-26(31)25(33-27(30)29-21-8-3-2-4-9-21)17-22-15-16-24(32-22)19-11-13-20(28)14-12-19/h2-4,8-9,11-18,23H,5-7,10H2,1H3/b25-17-,29-27?/t18-,23+/m0/s1. The van der Waals surface area contributed by atoms with Gasteiger partial charge in [-0.05, 0) is 66.9 Å². The summed E-state index contributed by atoms with van der Waals surface area (Å²) in [5, 5.41) is 0.760. The van der Waals surface area contributed by atoms with Crippen molar-refractivity contribution in [3.8, 4) is 11.3 Å². The second-order valence-electron chi connectivity index (χ2n) is 8.55. The molecule has 0 unspecified atom stereocenters. The average molecular weight is 521 g/mol. The molecule has 168 valence electrons. The van der Waals surface area contributed by atoms with Crippen LogP contribution in [0, 0.1) is 5.92 Å². The van der Waals surface area contributed by atoms with Crippen LogP contribution in [0.3, 0.4) is 0 Å². The molecule has 4 nitrogen and oxygen atoms in total. The van der Waals surface area contributed by atoms with Crippen molar-refractivity contribution in [2.75, 3.05) is 0 Å². The predicted octanol–water partition coefficient (Wildman–Crippen LogP) is 7.89. The maximum atomic E-state index is 13.6. The molecule has 2 aliphatic rings. The number of hydrogen-bond acceptors (Lipinski definition) is 4. The fraction of sp³-hybridized carbons (Fsp3) is 0.259. The van der Waals surface area contributed by atoms with E-state index in [0.717, 1.165) is 45.9 Å². The largest absolute Gasteiger partial charge is 0.457 e. The molecule has 0 N–H and O–H groups in total. The van der Waals surface area contributed by atoms with Crippen LogP contribution in [0.2, 0.25) is 0 Å². The smallest absolute Gasteiger partial charge is 0.267 e. The summed E-state index contributed by atoms with van der Waals surface area (Å²) in [6, 6.07) is 21.9. The quantitative estimate of drug-likeness (QED) is 0.328. The van der Waals surface area contributed by atoms with Gasteiger partial charge in [-0.3, -0.25) is 9.69 Å². The minimum atomic E-state index is 0.0232. The molecular formula is C27H25BrN2O2S. The number of benzene rings is 2. The Morgan fingerprint density at radius 1 is 1.03 bits per heavy atom. The molecule has 0 bridgehead atoms. The summed E-state index contributed by atoms with van der Waals surface area (Å²) in [5.74, 6) is 1.92. The number of rotatable bonds is 4. The third kappa shape index (κ3) is 4.87. The maximum absolute atomic E-state index is 13.6. The van der Waals surface area contributed by atoms with E-state index in [1.165, 1.54) is 18.2 Å². The van der Waals surface area contributed by atoms with Gasteiger partial charge in [0.15, 0.2) is 5.17 Å². The molecule has 2 heterocycles. The first-order valence-electron chi connectivity index (χ1n) is 11.3. The van der Waals surface area contributed by atoms with Gasteiger partial charge < -0.3 is 4.42 Å². The van der Waals surface area contributed by atoms with Crippen molar-refractivity contribution in [3.05, 3.63) is 81.9 Å². The number of carbonyl (C=O) groups excluding carboxylic acids is 1. The van der Waals surface area contributed by atoms with Crippen molar-refractivity contribution in [1.29, 1.82) is 0 Å². The molecule has 5 rings (SSSR count). The summed E-state index contributed by atoms with van der Waals surface area (Å²) < 4.78 is 7.08. The zero-order valence-corrected chi connectivity index (χ0v) is 20.8. The van der Waals surface area contributed by atoms with Gasteiger partial charge in [0.05, 0.1) is 10.6 Å². The zero-order chi connectivity index (χ0) is 22.8. The van der Waals surface area contributed by atoms with Crippen LogP contribution in [0.4, 0.5) is 5.69 Å². The third-order valence-corrected chi connectivity index (χ3v) is 7.76. The molecule has 0 radical (unpaired) electrons. The zero-order valence-electron chi connectivity index (χ0n) is 18.4. The summed E-state index contributed by atoms with van der Waals surface area (Å²) in [4.78, 5) is 21.0. The lowest BCUT2D eigenvalue weighted by Gasteiger charge is -2.35. The van der Waals surface area contributed by atoms with Crippen LogP contribution < -0.4 is 0 Å². The van der Waals surface area contributed by atoms with E-state index >= 15 is 0 Å². The van der Waals surface area contributed by atoms with E-state index in [1.807, 2.05) is 77.7 Å². The molecule has 1 aliphatic carbocycles. The monoisotopic (exact) mass is 520 g/mol. The van der Waals surface area contributed by atoms with Crippen LogP contribution in [0.15, 0.2) is 85.5 Å². The SMILES string of the molecule is C[C@H]1CCCC[C@H]1N1C(=O)/C(=C/c2ccc(-c3ccc(Br)cc3)o2)SC1=Nc1ccccc1. The highest BCUT2D eigenvalue weighted by molar-refractivity contribution is 9.10. The van der Waals surface area contributed by atoms with Gasteiger partial charge in [0.2, 0.25) is 0 Å². The first kappa shape index (κ1) is 22.2. The van der Waals surface area contributed by atoms with Crippen molar-refractivity contribution in [2.45, 2.75) is 38.6 Å². The average Bonchev–Trinajstić information content (AvgIpc) is 3.40. The fourth-order valence-corrected chi connectivity index (χ4v) is 5.77. The van der Waals surface area contributed by atoms with Crippen LogP contribution in [0.1, 0.15) is 38.4 Å². The van der Waals surface area contributed by atoms with E-state index in [2.05, 4.69) is 22.9 Å². The molecule has 2 atom stereocenters. The lowest BCUT2D eigenvalue weighted by atomic mass is 9.85. The van der Waals surface area contributed by atoms with Gasteiger partial charge in [0, 0.05) is 22.2 Å². The van der Waals surface area contributed by atoms with Crippen LogP contribution in [0.5, 0.6) is 0 Å². The topological polar surface area (TPSA) is 45.8 Å². The normalized spacial score (nSPS) is 23.6. The Morgan fingerprint density at radius 2 is 1.79 bits per heavy atom. The Labute approximate surface area is 206 Å². The highest BCUT2D eigenvalue weighted by Gasteiger charge is 2.41. The van der Waals surface area contributed by atoms with Crippen molar-refractivity contribution in [3.63, 3.8) is 0 Å². The number of amidine groups is 1. The van der Waals surface area contributed by atoms with Gasteiger partial charge >= 0.3 is 0 Å². The van der Waals surface area contributed by atoms with Gasteiger partial charge in [0.25, 0.3) is 5.91 Å². The molecule has 3 aromatic rings. The summed E-state index contributed by atoms with van der Waals surface area (Å²) >= 11 is 4.90. The Balaban J connectivity index is 1.47. The molecule has 0 spiro atoms. The molecule has 2 fully saturated rings. The second-order valence-corrected chi connectivity index (χ2v) is 10.5. The molecular weight excluding hydrogens is 496 g/mol. The summed E-state index contributed by atoms with van der Waals surface area (Å²) in [6.07, 6.45) is 6.39. The number of halogens is 1. The fourth-order valence-electron chi connectivity index (χ4n) is 4.48. The first-order valence-corrected chi connectivity index (χ1v) is 12.9. The van der Waals surface area contributed by atoms with E-state index in [-0.39, 0.29) is 11.9 Å². The molecule has 1 aromatic heterocycles. The van der Waals surface area contributed by atoms with Gasteiger partial charge in [-0.1, -0.05) is 66.0 Å². The Hall–Kier alpha value is -2.57. The lowest BCUT2D eigenvalue weighted by molar-refractivity contribution is -0.124. The highest BCUT2D eigenvalue weighted by atomic mass is 79.9. The molecule has 1 amide bonds. The predicted molar refractivity (Wildman–Crippen MR) is 139 cm³/mol. The van der Waals surface area contributed by atoms with Crippen LogP contribution in [0.25, 0.3) is 17.4 Å². The van der Waals surface area contributed by atoms with Gasteiger partial charge in [-0.15, -0.1) is 0 Å². The van der Waals surface area contributed by atoms with Gasteiger partial charge in [-0.25, -0.2) is 4.99 Å². The molecule has 1 saturated carbocycles. The highest BCUT2D eigenvalue weighted by Crippen LogP contribution is 2.40. The number of furan rings is 1. The van der Waals surface area contributed by atoms with E-state index in [0.29, 0.717) is 16.6 Å². The van der Waals surface area contributed by atoms with Gasteiger partial charge in [-0.2, -0.15) is 0 Å². The molecule has 1 saturated heterocycles. The number of aliphatic imine (C=N–C) groups is 1. The second kappa shape index (κ2) is 9.74. The van der Waals surface area contributed by atoms with E-state index in [9.17, 15) is 4.79 Å². The lowest BCUT2D eigenvalue weighted by Crippen LogP contribution is -2.44. The van der Waals surface area contributed by atoms with Crippen LogP contribution in [-0.2, 0) is 4.79 Å². The Bertz CT molecular complexity index is 1200. The molecule has 33 heavy (non-hydrogen) atoms. The Morgan fingerprint density at radius 3 is 2.55 bits per heavy atom. The summed E-state index contributed by atoms with van der Waals surface area (Å²) in [5.41, 5.74) is 1.86. The third-order valence-electron chi connectivity index (χ3n) is 6.24. The van der Waals surface area contributed by atoms with Crippen molar-refractivity contribution in [2.24, 2.45) is 10.9 Å². The minimum Gasteiger partial charge on any atom is -0.457 e. The minimum absolute atomic E-state index is 0.0232.